The van der Waals surface area contributed by atoms with Crippen molar-refractivity contribution in [3.63, 3.8) is 0 Å². The molecule has 1 amide bonds. The van der Waals surface area contributed by atoms with Gasteiger partial charge in [-0.1, -0.05) is 6.07 Å². The van der Waals surface area contributed by atoms with Crippen LogP contribution in [0.2, 0.25) is 0 Å². The van der Waals surface area contributed by atoms with E-state index in [2.05, 4.69) is 11.4 Å². The maximum Gasteiger partial charge on any atom is 0.224 e. The molecule has 1 aromatic heterocycles. The minimum Gasteiger partial charge on any atom is -0.355 e. The highest BCUT2D eigenvalue weighted by Crippen LogP contribution is 2.27. The van der Waals surface area contributed by atoms with E-state index in [4.69, 9.17) is 5.73 Å². The van der Waals surface area contributed by atoms with Gasteiger partial charge in [0.25, 0.3) is 0 Å². The molecule has 1 aliphatic carbocycles. The van der Waals surface area contributed by atoms with E-state index in [9.17, 15) is 4.79 Å². The zero-order chi connectivity index (χ0) is 9.97. The average molecular weight is 210 g/mol. The normalized spacial score (nSPS) is 24.6. The number of carbonyl (C=O) groups is 1. The molecule has 2 atom stereocenters. The van der Waals surface area contributed by atoms with Crippen molar-refractivity contribution in [1.82, 2.24) is 5.32 Å². The van der Waals surface area contributed by atoms with Crippen LogP contribution >= 0.6 is 11.3 Å². The fourth-order valence-electron chi connectivity index (χ4n) is 1.41. The molecule has 14 heavy (non-hydrogen) atoms. The lowest BCUT2D eigenvalue weighted by atomic mass is 10.3. The van der Waals surface area contributed by atoms with E-state index in [1.807, 2.05) is 11.4 Å². The van der Waals surface area contributed by atoms with Crippen LogP contribution in [0, 0.1) is 5.92 Å². The molecule has 0 aliphatic heterocycles. The van der Waals surface area contributed by atoms with Gasteiger partial charge < -0.3 is 11.1 Å². The van der Waals surface area contributed by atoms with Crippen molar-refractivity contribution in [3.8, 4) is 0 Å². The lowest BCUT2D eigenvalue weighted by Gasteiger charge is -2.02. The van der Waals surface area contributed by atoms with Crippen LogP contribution in [0.5, 0.6) is 0 Å². The smallest absolute Gasteiger partial charge is 0.224 e. The summed E-state index contributed by atoms with van der Waals surface area (Å²) in [4.78, 5) is 12.7. The predicted molar refractivity (Wildman–Crippen MR) is 57.1 cm³/mol. The molecule has 3 N–H and O–H groups in total. The topological polar surface area (TPSA) is 55.1 Å². The van der Waals surface area contributed by atoms with Gasteiger partial charge in [-0.2, -0.15) is 0 Å². The van der Waals surface area contributed by atoms with Crippen LogP contribution in [0.4, 0.5) is 0 Å². The Balaban J connectivity index is 1.66. The van der Waals surface area contributed by atoms with Gasteiger partial charge in [0.05, 0.1) is 5.92 Å². The maximum absolute atomic E-state index is 11.4. The number of rotatable bonds is 4. The average Bonchev–Trinajstić information content (AvgIpc) is 2.68. The van der Waals surface area contributed by atoms with Crippen molar-refractivity contribution >= 4 is 17.2 Å². The van der Waals surface area contributed by atoms with Crippen LogP contribution in [0.25, 0.3) is 0 Å². The Morgan fingerprint density at radius 1 is 1.71 bits per heavy atom. The Morgan fingerprint density at radius 2 is 2.50 bits per heavy atom. The zero-order valence-electron chi connectivity index (χ0n) is 7.90. The summed E-state index contributed by atoms with van der Waals surface area (Å²) in [7, 11) is 0. The Hall–Kier alpha value is -0.870. The van der Waals surface area contributed by atoms with E-state index in [1.54, 1.807) is 11.3 Å². The molecule has 3 nitrogen and oxygen atoms in total. The molecular formula is C10H14N2OS. The number of amides is 1. The lowest BCUT2D eigenvalue weighted by molar-refractivity contribution is -0.122. The van der Waals surface area contributed by atoms with Gasteiger partial charge in [-0.05, 0) is 24.3 Å². The summed E-state index contributed by atoms with van der Waals surface area (Å²) in [5.41, 5.74) is 5.57. The number of nitrogens with one attached hydrogen (secondary N) is 1. The Morgan fingerprint density at radius 3 is 3.07 bits per heavy atom. The summed E-state index contributed by atoms with van der Waals surface area (Å²) in [5.74, 6) is 0.201. The first kappa shape index (κ1) is 9.68. The van der Waals surface area contributed by atoms with Crippen LogP contribution in [-0.4, -0.2) is 18.5 Å². The van der Waals surface area contributed by atoms with Crippen LogP contribution < -0.4 is 11.1 Å². The van der Waals surface area contributed by atoms with Crippen molar-refractivity contribution < 1.29 is 4.79 Å². The molecule has 1 saturated carbocycles. The van der Waals surface area contributed by atoms with Crippen LogP contribution in [0.15, 0.2) is 17.5 Å². The quantitative estimate of drug-likeness (QED) is 0.770. The SMILES string of the molecule is NC1CC1C(=O)NCCc1cccs1. The van der Waals surface area contributed by atoms with E-state index >= 15 is 0 Å². The zero-order valence-corrected chi connectivity index (χ0v) is 8.72. The lowest BCUT2D eigenvalue weighted by Crippen LogP contribution is -2.29. The number of nitrogens with two attached hydrogens (primary N) is 1. The van der Waals surface area contributed by atoms with Crippen LogP contribution in [0.3, 0.4) is 0 Å². The number of carbonyl (C=O) groups excluding carboxylic acids is 1. The van der Waals surface area contributed by atoms with Crippen LogP contribution in [-0.2, 0) is 11.2 Å². The summed E-state index contributed by atoms with van der Waals surface area (Å²) in [6.07, 6.45) is 1.77. The van der Waals surface area contributed by atoms with Crippen LogP contribution in [0.1, 0.15) is 11.3 Å². The Kier molecular flexibility index (Phi) is 2.84. The number of thiophene rings is 1. The molecular weight excluding hydrogens is 196 g/mol. The van der Waals surface area contributed by atoms with Gasteiger partial charge in [-0.25, -0.2) is 0 Å². The molecule has 1 heterocycles. The summed E-state index contributed by atoms with van der Waals surface area (Å²) in [6.45, 7) is 0.725. The number of hydrogen-bond acceptors (Lipinski definition) is 3. The van der Waals surface area contributed by atoms with E-state index < -0.39 is 0 Å². The summed E-state index contributed by atoms with van der Waals surface area (Å²) in [5, 5.41) is 4.95. The van der Waals surface area contributed by atoms with Crippen molar-refractivity contribution in [3.05, 3.63) is 22.4 Å². The van der Waals surface area contributed by atoms with Crippen molar-refractivity contribution in [2.45, 2.75) is 18.9 Å². The van der Waals surface area contributed by atoms with Gasteiger partial charge in [0.2, 0.25) is 5.91 Å². The molecule has 2 rings (SSSR count). The third-order valence-electron chi connectivity index (χ3n) is 2.43. The third kappa shape index (κ3) is 2.33. The Labute approximate surface area is 87.3 Å². The molecule has 0 radical (unpaired) electrons. The molecule has 1 aromatic rings. The van der Waals surface area contributed by atoms with Gasteiger partial charge in [-0.15, -0.1) is 11.3 Å². The highest BCUT2D eigenvalue weighted by molar-refractivity contribution is 7.09. The minimum atomic E-state index is 0.0818. The molecule has 0 aromatic carbocycles. The molecule has 0 saturated heterocycles. The monoisotopic (exact) mass is 210 g/mol. The predicted octanol–water partition coefficient (Wildman–Crippen LogP) is 0.754. The third-order valence-corrected chi connectivity index (χ3v) is 3.36. The van der Waals surface area contributed by atoms with Gasteiger partial charge >= 0.3 is 0 Å². The van der Waals surface area contributed by atoms with Gasteiger partial charge in [0.15, 0.2) is 0 Å². The maximum atomic E-state index is 11.4. The standard InChI is InChI=1S/C10H14N2OS/c11-9-6-8(9)10(13)12-4-3-7-2-1-5-14-7/h1-2,5,8-9H,3-4,6,11H2,(H,12,13). The fourth-order valence-corrected chi connectivity index (χ4v) is 2.12. The summed E-state index contributed by atoms with van der Waals surface area (Å²) >= 11 is 1.72. The van der Waals surface area contributed by atoms with Gasteiger partial charge in [-0.3, -0.25) is 4.79 Å². The first-order valence-electron chi connectivity index (χ1n) is 4.83. The fraction of sp³-hybridized carbons (Fsp3) is 0.500. The van der Waals surface area contributed by atoms with E-state index in [1.165, 1.54) is 4.88 Å². The van der Waals surface area contributed by atoms with E-state index in [0.717, 1.165) is 19.4 Å². The van der Waals surface area contributed by atoms with E-state index in [0.29, 0.717) is 0 Å². The van der Waals surface area contributed by atoms with Crippen molar-refractivity contribution in [1.29, 1.82) is 0 Å². The Bertz CT molecular complexity index is 310. The van der Waals surface area contributed by atoms with Crippen molar-refractivity contribution in [2.75, 3.05) is 6.54 Å². The molecule has 2 unspecified atom stereocenters. The second-order valence-electron chi connectivity index (χ2n) is 3.63. The first-order valence-corrected chi connectivity index (χ1v) is 5.71. The van der Waals surface area contributed by atoms with Gasteiger partial charge in [0.1, 0.15) is 0 Å². The molecule has 76 valence electrons. The van der Waals surface area contributed by atoms with Gasteiger partial charge in [0, 0.05) is 17.5 Å². The van der Waals surface area contributed by atoms with Crippen molar-refractivity contribution in [2.24, 2.45) is 11.7 Å². The summed E-state index contributed by atoms with van der Waals surface area (Å²) < 4.78 is 0. The molecule has 1 fully saturated rings. The highest BCUT2D eigenvalue weighted by Gasteiger charge is 2.39. The summed E-state index contributed by atoms with van der Waals surface area (Å²) in [6, 6.07) is 4.22. The highest BCUT2D eigenvalue weighted by atomic mass is 32.1. The number of hydrogen-bond donors (Lipinski definition) is 2. The largest absolute Gasteiger partial charge is 0.355 e. The first-order chi connectivity index (χ1) is 6.77. The molecule has 0 bridgehead atoms. The molecule has 1 aliphatic rings. The molecule has 4 heteroatoms. The second-order valence-corrected chi connectivity index (χ2v) is 4.66. The molecule has 0 spiro atoms. The minimum absolute atomic E-state index is 0.0818. The second kappa shape index (κ2) is 4.11. The van der Waals surface area contributed by atoms with E-state index in [-0.39, 0.29) is 17.9 Å².